The molecule has 2 unspecified atom stereocenters. The summed E-state index contributed by atoms with van der Waals surface area (Å²) in [6, 6.07) is 6.69. The van der Waals surface area contributed by atoms with Gasteiger partial charge in [-0.05, 0) is 74.2 Å². The van der Waals surface area contributed by atoms with E-state index in [1.54, 1.807) is 38.1 Å². The van der Waals surface area contributed by atoms with Gasteiger partial charge in [-0.1, -0.05) is 0 Å². The molecule has 0 aromatic heterocycles. The van der Waals surface area contributed by atoms with Gasteiger partial charge >= 0.3 is 11.4 Å². The Morgan fingerprint density at radius 1 is 0.509 bits per heavy atom. The number of H-pyrrole nitrogens is 2. The van der Waals surface area contributed by atoms with E-state index in [4.69, 9.17) is 0 Å². The normalized spacial score (nSPS) is 16.7. The molecule has 55 heavy (non-hydrogen) atoms. The van der Waals surface area contributed by atoms with Crippen LogP contribution in [-0.2, 0) is 13.1 Å². The van der Waals surface area contributed by atoms with Gasteiger partial charge in [0.25, 0.3) is 11.1 Å². The first-order chi connectivity index (χ1) is 25.9. The van der Waals surface area contributed by atoms with Gasteiger partial charge in [0.05, 0.1) is 47.4 Å². The highest BCUT2D eigenvalue weighted by Gasteiger charge is 2.37. The summed E-state index contributed by atoms with van der Waals surface area (Å²) < 4.78 is 2.53. The zero-order chi connectivity index (χ0) is 40.2. The van der Waals surface area contributed by atoms with Crippen molar-refractivity contribution >= 4 is 22.1 Å². The molecule has 292 valence electrons. The molecule has 0 bridgehead atoms. The number of hydrogen-bond donors (Lipinski definition) is 10. The van der Waals surface area contributed by atoms with E-state index in [0.717, 1.165) is 22.3 Å². The molecule has 0 amide bonds. The maximum absolute atomic E-state index is 12.6. The van der Waals surface area contributed by atoms with Gasteiger partial charge in [-0.2, -0.15) is 9.97 Å². The molecule has 0 radical (unpaired) electrons. The summed E-state index contributed by atoms with van der Waals surface area (Å²) >= 11 is 0. The molecule has 8 atom stereocenters. The fraction of sp³-hybridized carbons (Fsp3) is 0.429. The second-order valence-electron chi connectivity index (χ2n) is 13.8. The number of nitrogens with one attached hydrogen (secondary N) is 2. The Labute approximate surface area is 309 Å². The predicted molar refractivity (Wildman–Crippen MR) is 194 cm³/mol. The minimum absolute atomic E-state index is 0.218. The summed E-state index contributed by atoms with van der Waals surface area (Å²) in [7, 11) is 0. The number of aliphatic hydroxyl groups excluding tert-OH is 8. The topological polar surface area (TPSA) is 323 Å². The fourth-order valence-electron chi connectivity index (χ4n) is 6.50. The van der Waals surface area contributed by atoms with Crippen LogP contribution in [0.3, 0.4) is 0 Å². The van der Waals surface area contributed by atoms with Crippen LogP contribution < -0.4 is 22.5 Å². The lowest BCUT2D eigenvalue weighted by molar-refractivity contribution is -0.140. The van der Waals surface area contributed by atoms with Crippen LogP contribution in [0.5, 0.6) is 0 Å². The van der Waals surface area contributed by atoms with E-state index in [0.29, 0.717) is 22.1 Å². The molecule has 4 aliphatic heterocycles. The molecule has 0 fully saturated rings. The van der Waals surface area contributed by atoms with Crippen molar-refractivity contribution in [2.75, 3.05) is 0 Å². The van der Waals surface area contributed by atoms with Crippen LogP contribution in [0.25, 0.3) is 45.1 Å². The lowest BCUT2D eigenvalue weighted by atomic mass is 9.93. The Bertz CT molecular complexity index is 2410. The first-order valence-electron chi connectivity index (χ1n) is 17.1. The molecule has 0 spiro atoms. The summed E-state index contributed by atoms with van der Waals surface area (Å²) in [5, 5.41) is 87.0. The highest BCUT2D eigenvalue weighted by Crippen LogP contribution is 2.27. The number of aryl methyl sites for hydroxylation is 4. The van der Waals surface area contributed by atoms with Gasteiger partial charge in [0.15, 0.2) is 23.0 Å². The maximum atomic E-state index is 12.6. The molecule has 0 saturated heterocycles. The molecule has 4 heterocycles. The van der Waals surface area contributed by atoms with Crippen molar-refractivity contribution in [3.8, 4) is 23.0 Å². The van der Waals surface area contributed by atoms with E-state index in [9.17, 15) is 60.0 Å². The number of benzene rings is 2. The number of nitrogens with zero attached hydrogens (tertiary/aromatic N) is 6. The van der Waals surface area contributed by atoms with Crippen LogP contribution in [0.4, 0.5) is 0 Å². The maximum Gasteiger partial charge on any atom is 0.349 e. The number of aromatic nitrogens is 8. The summed E-state index contributed by atoms with van der Waals surface area (Å²) in [5.41, 5.74) is 0.344. The predicted octanol–water partition coefficient (Wildman–Crippen LogP) is -3.31. The number of rotatable bonds is 12. The van der Waals surface area contributed by atoms with E-state index in [1.807, 2.05) is 23.8 Å². The third kappa shape index (κ3) is 7.53. The van der Waals surface area contributed by atoms with Crippen molar-refractivity contribution in [1.29, 1.82) is 0 Å². The van der Waals surface area contributed by atoms with E-state index >= 15 is 0 Å². The number of aromatic amines is 2. The number of fused-ring (bicyclic) bond motifs is 4. The fourth-order valence-corrected chi connectivity index (χ4v) is 6.50. The van der Waals surface area contributed by atoms with Crippen LogP contribution in [0.2, 0.25) is 0 Å². The van der Waals surface area contributed by atoms with Crippen molar-refractivity contribution in [3.63, 3.8) is 0 Å². The van der Waals surface area contributed by atoms with Crippen molar-refractivity contribution in [3.05, 3.63) is 88.2 Å². The first kappa shape index (κ1) is 39.4. The quantitative estimate of drug-likeness (QED) is 0.0546. The Morgan fingerprint density at radius 3 is 1.20 bits per heavy atom. The highest BCUT2D eigenvalue weighted by molar-refractivity contribution is 5.82. The van der Waals surface area contributed by atoms with Crippen molar-refractivity contribution in [2.45, 2.75) is 96.0 Å². The Kier molecular flexibility index (Phi) is 10.8. The van der Waals surface area contributed by atoms with Crippen molar-refractivity contribution in [1.82, 2.24) is 39.0 Å². The van der Waals surface area contributed by atoms with Gasteiger partial charge in [-0.15, -0.1) is 0 Å². The molecule has 0 aliphatic carbocycles. The summed E-state index contributed by atoms with van der Waals surface area (Å²) in [6.45, 7) is 6.09. The van der Waals surface area contributed by atoms with Gasteiger partial charge in [0.2, 0.25) is 0 Å². The number of aliphatic hydroxyl groups is 8. The van der Waals surface area contributed by atoms with Crippen molar-refractivity contribution in [2.24, 2.45) is 0 Å². The molecule has 20 nitrogen and oxygen atoms in total. The highest BCUT2D eigenvalue weighted by atomic mass is 16.4. The van der Waals surface area contributed by atoms with Crippen molar-refractivity contribution < 1.29 is 40.9 Å². The minimum atomic E-state index is -2.16. The Morgan fingerprint density at radius 2 is 0.836 bits per heavy atom. The molecular formula is C35H40N8O12. The number of hydrogen-bond acceptors (Lipinski definition) is 16. The second kappa shape index (κ2) is 15.1. The summed E-state index contributed by atoms with van der Waals surface area (Å²) in [5.74, 6) is -0.437. The van der Waals surface area contributed by atoms with Crippen LogP contribution in [0, 0.1) is 27.7 Å². The SMILES string of the molecule is Cc1cc2nc3c(=O)[nH]c(=O)nc-3n(C[C@@H](O)[C@@H](O)[C@@H](O)C(O)CC(O)[C@H](O)[C@H](O)[C@H](O)Cn3c4nc(=O)[nH]c(=O)c-4nc4cc(C)c(C)cc43)c2cc1C. The average Bonchev–Trinajstić information content (AvgIpc) is 3.12. The standard InChI is InChI=1S/C35H40N8O12/c1-12-5-16-18(7-14(12)3)42(30-24(36-16)32(52)40-34(54)38-30)10-22(46)28(50)26(48)20(44)9-21(45)27(49)29(51)23(47)11-43-19-8-15(4)13(2)6-17(19)37-25-31(43)39-35(55)41-33(25)53/h5-8,20-23,26-29,44-51H,9-11H2,1-4H3,(H,40,52,54)(H,41,53,55)/t20?,21?,22-,23-,26+,27+,28-,29-/m1/s1. The Balaban J connectivity index is 1.18. The monoisotopic (exact) mass is 764 g/mol. The molecular weight excluding hydrogens is 724 g/mol. The molecule has 0 saturated carbocycles. The second-order valence-corrected chi connectivity index (χ2v) is 13.8. The van der Waals surface area contributed by atoms with E-state index in [1.165, 1.54) is 9.13 Å². The third-order valence-electron chi connectivity index (χ3n) is 9.95. The molecule has 10 N–H and O–H groups in total. The summed E-state index contributed by atoms with van der Waals surface area (Å²) in [4.78, 5) is 69.8. The van der Waals surface area contributed by atoms with Crippen LogP contribution in [0.15, 0.2) is 43.4 Å². The van der Waals surface area contributed by atoms with Crippen LogP contribution in [-0.4, -0.2) is 129 Å². The molecule has 6 rings (SSSR count). The van der Waals surface area contributed by atoms with E-state index in [-0.39, 0.29) is 23.0 Å². The zero-order valence-electron chi connectivity index (χ0n) is 29.9. The van der Waals surface area contributed by atoms with Gasteiger partial charge < -0.3 is 50.0 Å². The average molecular weight is 765 g/mol. The lowest BCUT2D eigenvalue weighted by Crippen LogP contribution is -2.50. The smallest absolute Gasteiger partial charge is 0.349 e. The molecule has 2 aromatic carbocycles. The molecule has 4 aliphatic rings. The molecule has 2 aromatic rings. The van der Waals surface area contributed by atoms with Gasteiger partial charge in [0.1, 0.15) is 36.6 Å². The minimum Gasteiger partial charge on any atom is -0.390 e. The largest absolute Gasteiger partial charge is 0.390 e. The van der Waals surface area contributed by atoms with Gasteiger partial charge in [-0.25, -0.2) is 19.6 Å². The van der Waals surface area contributed by atoms with Crippen LogP contribution >= 0.6 is 0 Å². The van der Waals surface area contributed by atoms with E-state index in [2.05, 4.69) is 19.9 Å². The lowest BCUT2D eigenvalue weighted by Gasteiger charge is -2.32. The first-order valence-corrected chi connectivity index (χ1v) is 17.1. The summed E-state index contributed by atoms with van der Waals surface area (Å²) in [6.07, 6.45) is -17.2. The zero-order valence-corrected chi connectivity index (χ0v) is 29.9. The van der Waals surface area contributed by atoms with Crippen LogP contribution in [0.1, 0.15) is 28.7 Å². The van der Waals surface area contributed by atoms with Gasteiger partial charge in [-0.3, -0.25) is 19.6 Å². The Hall–Kier alpha value is -5.32. The van der Waals surface area contributed by atoms with E-state index < -0.39 is 90.8 Å². The molecule has 20 heteroatoms. The van der Waals surface area contributed by atoms with Gasteiger partial charge in [0, 0.05) is 6.42 Å². The third-order valence-corrected chi connectivity index (χ3v) is 9.95.